The van der Waals surface area contributed by atoms with E-state index in [0.717, 1.165) is 18.4 Å². The summed E-state index contributed by atoms with van der Waals surface area (Å²) < 4.78 is 4.94. The van der Waals surface area contributed by atoms with E-state index in [1.54, 1.807) is 0 Å². The van der Waals surface area contributed by atoms with Crippen molar-refractivity contribution in [1.29, 1.82) is 0 Å². The second-order valence-corrected chi connectivity index (χ2v) is 5.27. The molecule has 0 aromatic heterocycles. The lowest BCUT2D eigenvalue weighted by molar-refractivity contribution is -0.147. The van der Waals surface area contributed by atoms with Crippen molar-refractivity contribution in [3.8, 4) is 0 Å². The van der Waals surface area contributed by atoms with Crippen molar-refractivity contribution in [3.63, 3.8) is 0 Å². The quantitative estimate of drug-likeness (QED) is 0.528. The molecule has 2 heteroatoms. The number of methoxy groups -OCH3 is 1. The molecule has 0 spiro atoms. The van der Waals surface area contributed by atoms with Crippen LogP contribution in [-0.4, -0.2) is 13.1 Å². The summed E-state index contributed by atoms with van der Waals surface area (Å²) in [6.07, 6.45) is 1.99. The molecule has 0 aromatic carbocycles. The molecule has 0 saturated heterocycles. The van der Waals surface area contributed by atoms with E-state index >= 15 is 0 Å². The van der Waals surface area contributed by atoms with Crippen LogP contribution in [0.15, 0.2) is 23.3 Å². The van der Waals surface area contributed by atoms with Gasteiger partial charge in [0.15, 0.2) is 0 Å². The molecule has 88 valence electrons. The van der Waals surface area contributed by atoms with Gasteiger partial charge in [-0.25, -0.2) is 0 Å². The molecule has 1 fully saturated rings. The van der Waals surface area contributed by atoms with Gasteiger partial charge in [0.1, 0.15) is 0 Å². The zero-order valence-corrected chi connectivity index (χ0v) is 10.6. The average Bonchev–Trinajstić information content (AvgIpc) is 2.76. The van der Waals surface area contributed by atoms with Crippen LogP contribution in [-0.2, 0) is 9.53 Å². The van der Waals surface area contributed by atoms with Gasteiger partial charge in [0.2, 0.25) is 0 Å². The van der Waals surface area contributed by atoms with Gasteiger partial charge in [-0.3, -0.25) is 4.79 Å². The fourth-order valence-corrected chi connectivity index (χ4v) is 3.73. The fraction of sp³-hybridized carbons (Fsp3) is 0.643. The topological polar surface area (TPSA) is 26.3 Å². The van der Waals surface area contributed by atoms with Crippen molar-refractivity contribution in [2.45, 2.75) is 33.6 Å². The SMILES string of the molecule is C=C(C)C12CC(CC1C(=O)OC)C(C)=C2C. The maximum atomic E-state index is 11.9. The first-order valence-corrected chi connectivity index (χ1v) is 5.86. The summed E-state index contributed by atoms with van der Waals surface area (Å²) in [5.41, 5.74) is 3.82. The van der Waals surface area contributed by atoms with Crippen molar-refractivity contribution in [2.75, 3.05) is 7.11 Å². The maximum Gasteiger partial charge on any atom is 0.309 e. The van der Waals surface area contributed by atoms with Gasteiger partial charge >= 0.3 is 5.97 Å². The molecule has 0 heterocycles. The number of carbonyl (C=O) groups excluding carboxylic acids is 1. The van der Waals surface area contributed by atoms with Gasteiger partial charge in [-0.15, -0.1) is 0 Å². The van der Waals surface area contributed by atoms with Gasteiger partial charge < -0.3 is 4.74 Å². The Morgan fingerprint density at radius 1 is 1.50 bits per heavy atom. The Labute approximate surface area is 97.4 Å². The van der Waals surface area contributed by atoms with E-state index in [1.165, 1.54) is 18.3 Å². The highest BCUT2D eigenvalue weighted by molar-refractivity contribution is 5.76. The van der Waals surface area contributed by atoms with Crippen molar-refractivity contribution in [1.82, 2.24) is 0 Å². The molecule has 2 rings (SSSR count). The lowest BCUT2D eigenvalue weighted by Gasteiger charge is -2.36. The Morgan fingerprint density at radius 3 is 2.56 bits per heavy atom. The molecule has 2 aliphatic carbocycles. The molecule has 3 unspecified atom stereocenters. The van der Waals surface area contributed by atoms with Crippen LogP contribution in [0, 0.1) is 17.3 Å². The predicted octanol–water partition coefficient (Wildman–Crippen LogP) is 3.10. The Kier molecular flexibility index (Phi) is 2.48. The summed E-state index contributed by atoms with van der Waals surface area (Å²) in [6, 6.07) is 0. The molecule has 3 atom stereocenters. The number of ether oxygens (including phenoxy) is 1. The molecule has 2 aliphatic rings. The Balaban J connectivity index is 2.48. The van der Waals surface area contributed by atoms with Gasteiger partial charge in [-0.2, -0.15) is 0 Å². The first-order valence-electron chi connectivity index (χ1n) is 5.86. The van der Waals surface area contributed by atoms with Crippen LogP contribution in [0.1, 0.15) is 33.6 Å². The minimum atomic E-state index is -0.109. The highest BCUT2D eigenvalue weighted by atomic mass is 16.5. The van der Waals surface area contributed by atoms with Crippen LogP contribution >= 0.6 is 0 Å². The number of allylic oxidation sites excluding steroid dienone is 3. The van der Waals surface area contributed by atoms with Gasteiger partial charge in [0.05, 0.1) is 13.0 Å². The molecule has 2 nitrogen and oxygen atoms in total. The van der Waals surface area contributed by atoms with Crippen molar-refractivity contribution < 1.29 is 9.53 Å². The average molecular weight is 220 g/mol. The Hall–Kier alpha value is -1.05. The molecule has 0 amide bonds. The number of hydrogen-bond acceptors (Lipinski definition) is 2. The van der Waals surface area contributed by atoms with Gasteiger partial charge in [-0.1, -0.05) is 23.3 Å². The van der Waals surface area contributed by atoms with Crippen LogP contribution in [0.4, 0.5) is 0 Å². The van der Waals surface area contributed by atoms with E-state index in [9.17, 15) is 4.79 Å². The van der Waals surface area contributed by atoms with Gasteiger partial charge in [0.25, 0.3) is 0 Å². The van der Waals surface area contributed by atoms with E-state index in [0.29, 0.717) is 5.92 Å². The lowest BCUT2D eigenvalue weighted by Crippen LogP contribution is -2.34. The third-order valence-corrected chi connectivity index (χ3v) is 4.80. The minimum absolute atomic E-state index is 0.0105. The molecule has 16 heavy (non-hydrogen) atoms. The minimum Gasteiger partial charge on any atom is -0.469 e. The molecular weight excluding hydrogens is 200 g/mol. The zero-order valence-electron chi connectivity index (χ0n) is 10.6. The van der Waals surface area contributed by atoms with Crippen LogP contribution in [0.2, 0.25) is 0 Å². The summed E-state index contributed by atoms with van der Waals surface area (Å²) in [4.78, 5) is 11.9. The molecule has 0 N–H and O–H groups in total. The molecular formula is C14H20O2. The Morgan fingerprint density at radius 2 is 2.12 bits per heavy atom. The number of hydrogen-bond donors (Lipinski definition) is 0. The van der Waals surface area contributed by atoms with E-state index in [4.69, 9.17) is 4.74 Å². The molecule has 1 saturated carbocycles. The number of fused-ring (bicyclic) bond motifs is 2. The van der Waals surface area contributed by atoms with Gasteiger partial charge in [0, 0.05) is 5.41 Å². The van der Waals surface area contributed by atoms with Crippen LogP contribution in [0.3, 0.4) is 0 Å². The van der Waals surface area contributed by atoms with Crippen molar-refractivity contribution in [3.05, 3.63) is 23.3 Å². The highest BCUT2D eigenvalue weighted by Gasteiger charge is 2.57. The standard InChI is InChI=1S/C14H20O2/c1-8(2)14-7-11(9(3)10(14)4)6-12(14)13(15)16-5/h11-12H,1,6-7H2,2-5H3. The van der Waals surface area contributed by atoms with Crippen LogP contribution in [0.5, 0.6) is 0 Å². The van der Waals surface area contributed by atoms with E-state index in [-0.39, 0.29) is 17.3 Å². The number of esters is 1. The molecule has 0 radical (unpaired) electrons. The third-order valence-electron chi connectivity index (χ3n) is 4.80. The van der Waals surface area contributed by atoms with Crippen molar-refractivity contribution >= 4 is 5.97 Å². The fourth-order valence-electron chi connectivity index (χ4n) is 3.73. The van der Waals surface area contributed by atoms with E-state index < -0.39 is 0 Å². The maximum absolute atomic E-state index is 11.9. The normalized spacial score (nSPS) is 36.8. The van der Waals surface area contributed by atoms with Crippen LogP contribution in [0.25, 0.3) is 0 Å². The molecule has 0 aromatic rings. The Bertz CT molecular complexity index is 392. The van der Waals surface area contributed by atoms with Crippen LogP contribution < -0.4 is 0 Å². The highest BCUT2D eigenvalue weighted by Crippen LogP contribution is 2.63. The van der Waals surface area contributed by atoms with E-state index in [1.807, 2.05) is 6.92 Å². The van der Waals surface area contributed by atoms with E-state index in [2.05, 4.69) is 20.4 Å². The molecule has 2 bridgehead atoms. The number of rotatable bonds is 2. The van der Waals surface area contributed by atoms with Gasteiger partial charge in [-0.05, 0) is 39.5 Å². The predicted molar refractivity (Wildman–Crippen MR) is 63.9 cm³/mol. The second kappa shape index (κ2) is 3.47. The second-order valence-electron chi connectivity index (χ2n) is 5.27. The monoisotopic (exact) mass is 220 g/mol. The number of carbonyl (C=O) groups is 1. The summed E-state index contributed by atoms with van der Waals surface area (Å²) in [7, 11) is 1.48. The largest absolute Gasteiger partial charge is 0.469 e. The zero-order chi connectivity index (χ0) is 12.1. The van der Waals surface area contributed by atoms with Crippen molar-refractivity contribution in [2.24, 2.45) is 17.3 Å². The smallest absolute Gasteiger partial charge is 0.309 e. The first-order chi connectivity index (χ1) is 7.45. The molecule has 0 aliphatic heterocycles. The summed E-state index contributed by atoms with van der Waals surface area (Å²) in [5.74, 6) is 0.474. The summed E-state index contributed by atoms with van der Waals surface area (Å²) in [5, 5.41) is 0. The summed E-state index contributed by atoms with van der Waals surface area (Å²) in [6.45, 7) is 10.5. The summed E-state index contributed by atoms with van der Waals surface area (Å²) >= 11 is 0. The first kappa shape index (κ1) is 11.4. The third kappa shape index (κ3) is 1.16. The lowest BCUT2D eigenvalue weighted by atomic mass is 9.68.